The number of aromatic nitrogens is 3. The van der Waals surface area contributed by atoms with Crippen molar-refractivity contribution >= 4 is 11.7 Å². The van der Waals surface area contributed by atoms with E-state index in [2.05, 4.69) is 10.1 Å². The van der Waals surface area contributed by atoms with Gasteiger partial charge in [-0.3, -0.25) is 4.68 Å². The fourth-order valence-corrected chi connectivity index (χ4v) is 1.41. The molecule has 0 radical (unpaired) electrons. The minimum atomic E-state index is -1.03. The molecule has 2 rings (SSSR count). The average Bonchev–Trinajstić information content (AvgIpc) is 2.73. The van der Waals surface area contributed by atoms with Crippen molar-refractivity contribution in [3.8, 4) is 5.75 Å². The topological polar surface area (TPSA) is 103 Å². The van der Waals surface area contributed by atoms with Gasteiger partial charge in [-0.15, -0.1) is 0 Å². The first-order chi connectivity index (χ1) is 8.58. The van der Waals surface area contributed by atoms with E-state index in [-0.39, 0.29) is 17.9 Å². The lowest BCUT2D eigenvalue weighted by molar-refractivity contribution is 0.0697. The van der Waals surface area contributed by atoms with Gasteiger partial charge in [0.05, 0.1) is 11.3 Å². The van der Waals surface area contributed by atoms with E-state index in [9.17, 15) is 4.79 Å². The van der Waals surface area contributed by atoms with Crippen LogP contribution in [0.3, 0.4) is 0 Å². The number of ether oxygens (including phenoxy) is 1. The van der Waals surface area contributed by atoms with Crippen LogP contribution in [0.25, 0.3) is 0 Å². The lowest BCUT2D eigenvalue weighted by atomic mass is 10.2. The third-order valence-corrected chi connectivity index (χ3v) is 2.42. The SMILES string of the molecule is Cn1ncnc1COc1ccc(C(=O)O)cc1N. The highest BCUT2D eigenvalue weighted by molar-refractivity contribution is 5.89. The zero-order valence-electron chi connectivity index (χ0n) is 9.70. The van der Waals surface area contributed by atoms with Gasteiger partial charge in [-0.25, -0.2) is 9.78 Å². The molecule has 1 aromatic carbocycles. The summed E-state index contributed by atoms with van der Waals surface area (Å²) in [7, 11) is 1.75. The highest BCUT2D eigenvalue weighted by Gasteiger charge is 2.08. The summed E-state index contributed by atoms with van der Waals surface area (Å²) in [6, 6.07) is 4.31. The maximum Gasteiger partial charge on any atom is 0.335 e. The number of carbonyl (C=O) groups is 1. The minimum absolute atomic E-state index is 0.124. The molecule has 0 unspecified atom stereocenters. The van der Waals surface area contributed by atoms with Crippen molar-refractivity contribution in [2.24, 2.45) is 7.05 Å². The number of rotatable bonds is 4. The van der Waals surface area contributed by atoms with Crippen LogP contribution < -0.4 is 10.5 Å². The quantitative estimate of drug-likeness (QED) is 0.771. The highest BCUT2D eigenvalue weighted by Crippen LogP contribution is 2.23. The Labute approximate surface area is 103 Å². The van der Waals surface area contributed by atoms with Gasteiger partial charge in [0.15, 0.2) is 5.82 Å². The Kier molecular flexibility index (Phi) is 3.13. The lowest BCUT2D eigenvalue weighted by Gasteiger charge is -2.08. The molecule has 0 saturated heterocycles. The number of benzene rings is 1. The number of nitrogen functional groups attached to an aromatic ring is 1. The summed E-state index contributed by atoms with van der Waals surface area (Å²) in [5.74, 6) is 0.0428. The molecule has 7 heteroatoms. The van der Waals surface area contributed by atoms with E-state index in [4.69, 9.17) is 15.6 Å². The first-order valence-corrected chi connectivity index (χ1v) is 5.16. The van der Waals surface area contributed by atoms with Crippen LogP contribution in [0.15, 0.2) is 24.5 Å². The van der Waals surface area contributed by atoms with Crippen LogP contribution in [-0.2, 0) is 13.7 Å². The van der Waals surface area contributed by atoms with E-state index in [1.54, 1.807) is 11.7 Å². The minimum Gasteiger partial charge on any atom is -0.483 e. The van der Waals surface area contributed by atoms with Crippen LogP contribution in [0.1, 0.15) is 16.2 Å². The van der Waals surface area contributed by atoms with Crippen LogP contribution in [-0.4, -0.2) is 25.8 Å². The molecule has 18 heavy (non-hydrogen) atoms. The van der Waals surface area contributed by atoms with Gasteiger partial charge in [0.25, 0.3) is 0 Å². The zero-order chi connectivity index (χ0) is 13.1. The number of hydrogen-bond acceptors (Lipinski definition) is 5. The van der Waals surface area contributed by atoms with Crippen LogP contribution in [0.2, 0.25) is 0 Å². The summed E-state index contributed by atoms with van der Waals surface area (Å²) in [6.45, 7) is 0.215. The second-order valence-corrected chi connectivity index (χ2v) is 3.65. The summed E-state index contributed by atoms with van der Waals surface area (Å²) < 4.78 is 7.04. The summed E-state index contributed by atoms with van der Waals surface area (Å²) in [5, 5.41) is 12.7. The predicted octanol–water partition coefficient (Wildman–Crippen LogP) is 0.675. The van der Waals surface area contributed by atoms with Gasteiger partial charge < -0.3 is 15.6 Å². The van der Waals surface area contributed by atoms with E-state index in [0.717, 1.165) is 0 Å². The van der Waals surface area contributed by atoms with Gasteiger partial charge in [-0.1, -0.05) is 0 Å². The monoisotopic (exact) mass is 248 g/mol. The Morgan fingerprint density at radius 3 is 2.89 bits per heavy atom. The zero-order valence-corrected chi connectivity index (χ0v) is 9.70. The molecule has 0 atom stereocenters. The van der Waals surface area contributed by atoms with Gasteiger partial charge in [-0.05, 0) is 18.2 Å². The number of anilines is 1. The summed E-state index contributed by atoms with van der Waals surface area (Å²) in [4.78, 5) is 14.7. The van der Waals surface area contributed by atoms with E-state index in [1.165, 1.54) is 24.5 Å². The van der Waals surface area contributed by atoms with Gasteiger partial charge in [0.1, 0.15) is 18.7 Å². The Balaban J connectivity index is 2.11. The molecule has 0 amide bonds. The normalized spacial score (nSPS) is 10.3. The third kappa shape index (κ3) is 2.40. The van der Waals surface area contributed by atoms with Gasteiger partial charge >= 0.3 is 5.97 Å². The molecular weight excluding hydrogens is 236 g/mol. The van der Waals surface area contributed by atoms with Crippen molar-refractivity contribution in [2.45, 2.75) is 6.61 Å². The molecule has 0 aliphatic rings. The van der Waals surface area contributed by atoms with Crippen LogP contribution in [0, 0.1) is 0 Å². The molecule has 1 heterocycles. The standard InChI is InChI=1S/C11H12N4O3/c1-15-10(13-6-14-15)5-18-9-3-2-7(11(16)17)4-8(9)12/h2-4,6H,5,12H2,1H3,(H,16,17). The van der Waals surface area contributed by atoms with Crippen molar-refractivity contribution < 1.29 is 14.6 Å². The summed E-state index contributed by atoms with van der Waals surface area (Å²) >= 11 is 0. The van der Waals surface area contributed by atoms with E-state index in [1.807, 2.05) is 0 Å². The second-order valence-electron chi connectivity index (χ2n) is 3.65. The van der Waals surface area contributed by atoms with Gasteiger partial charge in [-0.2, -0.15) is 5.10 Å². The Bertz CT molecular complexity index is 579. The molecule has 2 aromatic rings. The third-order valence-electron chi connectivity index (χ3n) is 2.42. The maximum absolute atomic E-state index is 10.7. The molecule has 94 valence electrons. The molecule has 0 saturated carbocycles. The molecule has 3 N–H and O–H groups in total. The molecule has 7 nitrogen and oxygen atoms in total. The largest absolute Gasteiger partial charge is 0.483 e. The number of carboxylic acids is 1. The van der Waals surface area contributed by atoms with Crippen molar-refractivity contribution in [3.63, 3.8) is 0 Å². The second kappa shape index (κ2) is 4.74. The number of hydrogen-bond donors (Lipinski definition) is 2. The highest BCUT2D eigenvalue weighted by atomic mass is 16.5. The average molecular weight is 248 g/mol. The fraction of sp³-hybridized carbons (Fsp3) is 0.182. The first-order valence-electron chi connectivity index (χ1n) is 5.16. The van der Waals surface area contributed by atoms with Crippen LogP contribution in [0.4, 0.5) is 5.69 Å². The van der Waals surface area contributed by atoms with Crippen molar-refractivity contribution in [3.05, 3.63) is 35.9 Å². The number of carboxylic acid groups (broad SMARTS) is 1. The van der Waals surface area contributed by atoms with Gasteiger partial charge in [0.2, 0.25) is 0 Å². The summed E-state index contributed by atoms with van der Waals surface area (Å²) in [5.41, 5.74) is 6.10. The van der Waals surface area contributed by atoms with Crippen molar-refractivity contribution in [2.75, 3.05) is 5.73 Å². The molecule has 0 aliphatic heterocycles. The van der Waals surface area contributed by atoms with E-state index < -0.39 is 5.97 Å². The Hall–Kier alpha value is -2.57. The number of nitrogens with two attached hydrogens (primary N) is 1. The van der Waals surface area contributed by atoms with Crippen molar-refractivity contribution in [1.29, 1.82) is 0 Å². The molecule has 0 bridgehead atoms. The van der Waals surface area contributed by atoms with Crippen LogP contribution in [0.5, 0.6) is 5.75 Å². The number of aryl methyl sites for hydroxylation is 1. The van der Waals surface area contributed by atoms with E-state index in [0.29, 0.717) is 11.6 Å². The number of nitrogens with zero attached hydrogens (tertiary/aromatic N) is 3. The van der Waals surface area contributed by atoms with Gasteiger partial charge in [0, 0.05) is 7.05 Å². The molecule has 0 aliphatic carbocycles. The first kappa shape index (κ1) is 11.9. The Morgan fingerprint density at radius 1 is 1.56 bits per heavy atom. The maximum atomic E-state index is 10.7. The molecular formula is C11H12N4O3. The van der Waals surface area contributed by atoms with E-state index >= 15 is 0 Å². The lowest BCUT2D eigenvalue weighted by Crippen LogP contribution is -2.06. The summed E-state index contributed by atoms with van der Waals surface area (Å²) in [6.07, 6.45) is 1.43. The molecule has 0 fully saturated rings. The molecule has 0 spiro atoms. The smallest absolute Gasteiger partial charge is 0.335 e. The Morgan fingerprint density at radius 2 is 2.33 bits per heavy atom. The van der Waals surface area contributed by atoms with Crippen molar-refractivity contribution in [1.82, 2.24) is 14.8 Å². The molecule has 1 aromatic heterocycles. The van der Waals surface area contributed by atoms with Crippen LogP contribution >= 0.6 is 0 Å². The number of aromatic carboxylic acids is 1. The predicted molar refractivity (Wildman–Crippen MR) is 63.1 cm³/mol. The fourth-order valence-electron chi connectivity index (χ4n) is 1.41.